The molecule has 0 radical (unpaired) electrons. The lowest BCUT2D eigenvalue weighted by molar-refractivity contribution is 0.0302. The number of ether oxygens (including phenoxy) is 1. The van der Waals surface area contributed by atoms with Crippen LogP contribution in [0, 0.1) is 12.7 Å². The van der Waals surface area contributed by atoms with Gasteiger partial charge in [-0.25, -0.2) is 12.8 Å². The molecule has 1 fully saturated rings. The van der Waals surface area contributed by atoms with E-state index < -0.39 is 20.8 Å². The Kier molecular flexibility index (Phi) is 4.31. The van der Waals surface area contributed by atoms with Gasteiger partial charge in [0.1, 0.15) is 5.82 Å². The summed E-state index contributed by atoms with van der Waals surface area (Å²) in [6, 6.07) is 1.84. The van der Waals surface area contributed by atoms with Crippen molar-refractivity contribution in [3.05, 3.63) is 29.1 Å². The molecule has 1 heterocycles. The number of nitrogens with zero attached hydrogens (tertiary/aromatic N) is 1. The molecule has 1 saturated heterocycles. The van der Waals surface area contributed by atoms with Gasteiger partial charge >= 0.3 is 0 Å². The fourth-order valence-corrected chi connectivity index (χ4v) is 3.28. The number of morpholine rings is 1. The maximum atomic E-state index is 13.5. The predicted molar refractivity (Wildman–Crippen MR) is 70.9 cm³/mol. The Balaban J connectivity index is 2.46. The van der Waals surface area contributed by atoms with Gasteiger partial charge in [-0.05, 0) is 24.6 Å². The second-order valence-corrected chi connectivity index (χ2v) is 6.95. The highest BCUT2D eigenvalue weighted by Gasteiger charge is 2.25. The third-order valence-corrected chi connectivity index (χ3v) is 4.56. The summed E-state index contributed by atoms with van der Waals surface area (Å²) in [7, 11) is 1.15. The van der Waals surface area contributed by atoms with Crippen molar-refractivity contribution < 1.29 is 22.3 Å². The molecule has 0 atom stereocenters. The van der Waals surface area contributed by atoms with Gasteiger partial charge in [-0.2, -0.15) is 0 Å². The quantitative estimate of drug-likeness (QED) is 0.775. The number of amides is 1. The predicted octanol–water partition coefficient (Wildman–Crippen LogP) is 1.53. The van der Waals surface area contributed by atoms with E-state index in [1.165, 1.54) is 11.8 Å². The van der Waals surface area contributed by atoms with Gasteiger partial charge in [0.05, 0.1) is 18.1 Å². The van der Waals surface area contributed by atoms with E-state index in [1.54, 1.807) is 0 Å². The van der Waals surface area contributed by atoms with Crippen LogP contribution >= 0.6 is 10.7 Å². The van der Waals surface area contributed by atoms with Crippen LogP contribution in [0.15, 0.2) is 17.0 Å². The first-order chi connectivity index (χ1) is 9.30. The molecule has 0 aliphatic carbocycles. The van der Waals surface area contributed by atoms with Gasteiger partial charge in [0, 0.05) is 29.3 Å². The summed E-state index contributed by atoms with van der Waals surface area (Å²) < 4.78 is 41.5. The maximum absolute atomic E-state index is 13.5. The maximum Gasteiger partial charge on any atom is 0.261 e. The zero-order chi connectivity index (χ0) is 14.9. The number of carbonyl (C=O) groups is 1. The Hall–Kier alpha value is -1.18. The molecule has 0 aromatic heterocycles. The lowest BCUT2D eigenvalue weighted by Crippen LogP contribution is -2.41. The van der Waals surface area contributed by atoms with Crippen molar-refractivity contribution in [2.24, 2.45) is 0 Å². The molecule has 1 aromatic carbocycles. The van der Waals surface area contributed by atoms with Crippen LogP contribution in [0.4, 0.5) is 4.39 Å². The van der Waals surface area contributed by atoms with E-state index in [4.69, 9.17) is 15.4 Å². The topological polar surface area (TPSA) is 63.7 Å². The Morgan fingerprint density at radius 3 is 2.50 bits per heavy atom. The number of rotatable bonds is 2. The van der Waals surface area contributed by atoms with Crippen LogP contribution in [-0.2, 0) is 13.8 Å². The number of carbonyl (C=O) groups excluding carboxylic acids is 1. The van der Waals surface area contributed by atoms with Crippen molar-refractivity contribution in [1.29, 1.82) is 0 Å². The first kappa shape index (κ1) is 15.2. The molecule has 0 saturated carbocycles. The van der Waals surface area contributed by atoms with Crippen molar-refractivity contribution in [1.82, 2.24) is 4.90 Å². The monoisotopic (exact) mass is 321 g/mol. The minimum Gasteiger partial charge on any atom is -0.378 e. The molecule has 110 valence electrons. The van der Waals surface area contributed by atoms with Crippen molar-refractivity contribution in [3.8, 4) is 0 Å². The van der Waals surface area contributed by atoms with Gasteiger partial charge in [-0.15, -0.1) is 0 Å². The van der Waals surface area contributed by atoms with E-state index in [0.29, 0.717) is 26.3 Å². The zero-order valence-electron chi connectivity index (χ0n) is 10.7. The van der Waals surface area contributed by atoms with E-state index in [2.05, 4.69) is 0 Å². The summed E-state index contributed by atoms with van der Waals surface area (Å²) in [5.74, 6) is -1.24. The number of benzene rings is 1. The summed E-state index contributed by atoms with van der Waals surface area (Å²) >= 11 is 0. The highest BCUT2D eigenvalue weighted by atomic mass is 35.7. The van der Waals surface area contributed by atoms with Gasteiger partial charge in [-0.1, -0.05) is 0 Å². The molecule has 0 unspecified atom stereocenters. The SMILES string of the molecule is Cc1c(C(=O)N2CCOCC2)cc(F)cc1S(=O)(=O)Cl. The van der Waals surface area contributed by atoms with Gasteiger partial charge in [0.25, 0.3) is 15.0 Å². The lowest BCUT2D eigenvalue weighted by Gasteiger charge is -2.27. The van der Waals surface area contributed by atoms with E-state index in [0.717, 1.165) is 12.1 Å². The molecule has 2 rings (SSSR count). The molecule has 1 aliphatic rings. The Morgan fingerprint density at radius 1 is 1.35 bits per heavy atom. The third-order valence-electron chi connectivity index (χ3n) is 3.12. The molecule has 20 heavy (non-hydrogen) atoms. The second kappa shape index (κ2) is 5.67. The molecule has 8 heteroatoms. The van der Waals surface area contributed by atoms with Gasteiger partial charge in [0.15, 0.2) is 0 Å². The van der Waals surface area contributed by atoms with E-state index in [1.807, 2.05) is 0 Å². The molecular weight excluding hydrogens is 309 g/mol. The van der Waals surface area contributed by atoms with E-state index in [9.17, 15) is 17.6 Å². The highest BCUT2D eigenvalue weighted by Crippen LogP contribution is 2.25. The van der Waals surface area contributed by atoms with Gasteiger partial charge in [-0.3, -0.25) is 4.79 Å². The summed E-state index contributed by atoms with van der Waals surface area (Å²) in [6.07, 6.45) is 0. The van der Waals surface area contributed by atoms with Crippen LogP contribution in [0.3, 0.4) is 0 Å². The van der Waals surface area contributed by atoms with E-state index in [-0.39, 0.29) is 16.0 Å². The summed E-state index contributed by atoms with van der Waals surface area (Å²) in [5.41, 5.74) is 0.156. The van der Waals surface area contributed by atoms with Gasteiger partial charge in [0.2, 0.25) is 0 Å². The number of hydrogen-bond donors (Lipinski definition) is 0. The van der Waals surface area contributed by atoms with E-state index >= 15 is 0 Å². The first-order valence-corrected chi connectivity index (χ1v) is 8.23. The summed E-state index contributed by atoms with van der Waals surface area (Å²) in [6.45, 7) is 3.01. The van der Waals surface area contributed by atoms with Crippen LogP contribution in [0.5, 0.6) is 0 Å². The van der Waals surface area contributed by atoms with Crippen molar-refractivity contribution in [3.63, 3.8) is 0 Å². The Labute approximate surface area is 120 Å². The Morgan fingerprint density at radius 2 is 1.95 bits per heavy atom. The third kappa shape index (κ3) is 3.11. The van der Waals surface area contributed by atoms with Crippen LogP contribution < -0.4 is 0 Å². The minimum absolute atomic E-state index is 0.00567. The molecule has 0 bridgehead atoms. The van der Waals surface area contributed by atoms with Crippen LogP contribution in [0.1, 0.15) is 15.9 Å². The summed E-state index contributed by atoms with van der Waals surface area (Å²) in [4.78, 5) is 13.4. The van der Waals surface area contributed by atoms with Crippen LogP contribution in [-0.4, -0.2) is 45.5 Å². The standard InChI is InChI=1S/C12H13ClFNO4S/c1-8-10(12(16)15-2-4-19-5-3-15)6-9(14)7-11(8)20(13,17)18/h6-7H,2-5H2,1H3. The lowest BCUT2D eigenvalue weighted by atomic mass is 10.1. The summed E-state index contributed by atoms with van der Waals surface area (Å²) in [5, 5.41) is 0. The van der Waals surface area contributed by atoms with Gasteiger partial charge < -0.3 is 9.64 Å². The highest BCUT2D eigenvalue weighted by molar-refractivity contribution is 8.13. The smallest absolute Gasteiger partial charge is 0.261 e. The average molecular weight is 322 g/mol. The van der Waals surface area contributed by atoms with Crippen LogP contribution in [0.25, 0.3) is 0 Å². The Bertz CT molecular complexity index is 641. The minimum atomic E-state index is -4.11. The second-order valence-electron chi connectivity index (χ2n) is 4.42. The van der Waals surface area contributed by atoms with Crippen molar-refractivity contribution in [2.45, 2.75) is 11.8 Å². The van der Waals surface area contributed by atoms with Crippen molar-refractivity contribution in [2.75, 3.05) is 26.3 Å². The normalized spacial score (nSPS) is 16.2. The zero-order valence-corrected chi connectivity index (χ0v) is 12.3. The molecule has 0 spiro atoms. The molecule has 0 N–H and O–H groups in total. The largest absolute Gasteiger partial charge is 0.378 e. The number of halogens is 2. The molecule has 1 aliphatic heterocycles. The fourth-order valence-electron chi connectivity index (χ4n) is 2.07. The molecular formula is C12H13ClFNO4S. The molecule has 5 nitrogen and oxygen atoms in total. The number of hydrogen-bond acceptors (Lipinski definition) is 4. The molecule has 1 amide bonds. The van der Waals surface area contributed by atoms with Crippen molar-refractivity contribution >= 4 is 25.6 Å². The fraction of sp³-hybridized carbons (Fsp3) is 0.417. The first-order valence-electron chi connectivity index (χ1n) is 5.92. The molecule has 1 aromatic rings. The van der Waals surface area contributed by atoms with Crippen LogP contribution in [0.2, 0.25) is 0 Å². The average Bonchev–Trinajstić information content (AvgIpc) is 2.40.